The molecule has 0 aromatic heterocycles. The lowest BCUT2D eigenvalue weighted by molar-refractivity contribution is 0.0979. The van der Waals surface area contributed by atoms with Crippen LogP contribution in [-0.4, -0.2) is 50.5 Å². The van der Waals surface area contributed by atoms with Gasteiger partial charge in [0.05, 0.1) is 4.90 Å². The van der Waals surface area contributed by atoms with Gasteiger partial charge in [-0.05, 0) is 44.1 Å². The van der Waals surface area contributed by atoms with Crippen molar-refractivity contribution < 1.29 is 18.0 Å². The summed E-state index contributed by atoms with van der Waals surface area (Å²) >= 11 is 0. The second-order valence-electron chi connectivity index (χ2n) is 6.60. The van der Waals surface area contributed by atoms with E-state index in [2.05, 4.69) is 0 Å². The van der Waals surface area contributed by atoms with Gasteiger partial charge >= 0.3 is 0 Å². The van der Waals surface area contributed by atoms with E-state index in [-0.39, 0.29) is 46.2 Å². The molecule has 1 aliphatic carbocycles. The standard InChI is InChI=1S/C20H23N3O4S/c21-9-3-11-23(12-4-10-22)28(26,27)14-7-8-17-18(13-14)20(25)16-6-2-1-5-15(16)19(17)24/h1-2,5-8,13H,3-4,9-12,21-22H2. The molecule has 3 rings (SSSR count). The van der Waals surface area contributed by atoms with Gasteiger partial charge in [-0.1, -0.05) is 24.3 Å². The highest BCUT2D eigenvalue weighted by atomic mass is 32.2. The second-order valence-corrected chi connectivity index (χ2v) is 8.54. The van der Waals surface area contributed by atoms with Gasteiger partial charge in [0.15, 0.2) is 11.6 Å². The van der Waals surface area contributed by atoms with Crippen LogP contribution >= 0.6 is 0 Å². The SMILES string of the molecule is NCCCN(CCCN)S(=O)(=O)c1ccc2c(c1)C(=O)c1ccccc1C2=O. The zero-order chi connectivity index (χ0) is 20.3. The summed E-state index contributed by atoms with van der Waals surface area (Å²) in [6.07, 6.45) is 1.03. The Bertz CT molecular complexity index is 1010. The number of hydrogen-bond donors (Lipinski definition) is 2. The summed E-state index contributed by atoms with van der Waals surface area (Å²) in [4.78, 5) is 25.5. The number of fused-ring (bicyclic) bond motifs is 2. The summed E-state index contributed by atoms with van der Waals surface area (Å²) in [5.41, 5.74) is 12.0. The molecular weight excluding hydrogens is 378 g/mol. The molecule has 4 N–H and O–H groups in total. The maximum absolute atomic E-state index is 13.1. The molecule has 0 heterocycles. The lowest BCUT2D eigenvalue weighted by atomic mass is 9.84. The molecule has 0 bridgehead atoms. The van der Waals surface area contributed by atoms with E-state index >= 15 is 0 Å². The van der Waals surface area contributed by atoms with Crippen LogP contribution in [0.25, 0.3) is 0 Å². The Morgan fingerprint density at radius 2 is 1.25 bits per heavy atom. The molecule has 0 unspecified atom stereocenters. The largest absolute Gasteiger partial charge is 0.330 e. The Morgan fingerprint density at radius 3 is 1.79 bits per heavy atom. The smallest absolute Gasteiger partial charge is 0.243 e. The number of ketones is 2. The first-order chi connectivity index (χ1) is 13.4. The van der Waals surface area contributed by atoms with Gasteiger partial charge in [-0.25, -0.2) is 8.42 Å². The van der Waals surface area contributed by atoms with Crippen molar-refractivity contribution in [2.75, 3.05) is 26.2 Å². The van der Waals surface area contributed by atoms with E-state index in [0.29, 0.717) is 31.5 Å². The van der Waals surface area contributed by atoms with Gasteiger partial charge in [0.2, 0.25) is 10.0 Å². The van der Waals surface area contributed by atoms with E-state index in [0.717, 1.165) is 0 Å². The summed E-state index contributed by atoms with van der Waals surface area (Å²) in [5.74, 6) is -0.630. The van der Waals surface area contributed by atoms with Crippen molar-refractivity contribution >= 4 is 21.6 Å². The van der Waals surface area contributed by atoms with Crippen molar-refractivity contribution in [1.29, 1.82) is 0 Å². The number of nitrogens with two attached hydrogens (primary N) is 2. The molecule has 0 amide bonds. The number of hydrogen-bond acceptors (Lipinski definition) is 6. The summed E-state index contributed by atoms with van der Waals surface area (Å²) in [6, 6.07) is 10.7. The lowest BCUT2D eigenvalue weighted by Crippen LogP contribution is -2.35. The van der Waals surface area contributed by atoms with Crippen LogP contribution in [0.4, 0.5) is 0 Å². The molecule has 2 aromatic carbocycles. The number of benzene rings is 2. The molecule has 148 valence electrons. The van der Waals surface area contributed by atoms with Crippen LogP contribution in [0.3, 0.4) is 0 Å². The third-order valence-electron chi connectivity index (χ3n) is 4.76. The molecule has 7 nitrogen and oxygen atoms in total. The van der Waals surface area contributed by atoms with E-state index < -0.39 is 10.0 Å². The minimum Gasteiger partial charge on any atom is -0.330 e. The molecule has 0 radical (unpaired) electrons. The average Bonchev–Trinajstić information content (AvgIpc) is 2.71. The fourth-order valence-electron chi connectivity index (χ4n) is 3.28. The normalized spacial score (nSPS) is 13.5. The topological polar surface area (TPSA) is 124 Å². The Labute approximate surface area is 164 Å². The third kappa shape index (κ3) is 3.64. The summed E-state index contributed by atoms with van der Waals surface area (Å²) < 4.78 is 27.6. The first-order valence-corrected chi connectivity index (χ1v) is 10.6. The second kappa shape index (κ2) is 8.32. The van der Waals surface area contributed by atoms with Crippen molar-refractivity contribution in [3.63, 3.8) is 0 Å². The monoisotopic (exact) mass is 401 g/mol. The number of nitrogens with zero attached hydrogens (tertiary/aromatic N) is 1. The Kier molecular flexibility index (Phi) is 6.04. The van der Waals surface area contributed by atoms with E-state index in [1.165, 1.54) is 22.5 Å². The van der Waals surface area contributed by atoms with Crippen molar-refractivity contribution in [2.24, 2.45) is 11.5 Å². The molecule has 8 heteroatoms. The van der Waals surface area contributed by atoms with Gasteiger partial charge in [-0.15, -0.1) is 0 Å². The number of carbonyl (C=O) groups is 2. The van der Waals surface area contributed by atoms with Crippen LogP contribution in [0, 0.1) is 0 Å². The maximum atomic E-state index is 13.1. The summed E-state index contributed by atoms with van der Waals surface area (Å²) in [6.45, 7) is 1.27. The molecule has 0 saturated heterocycles. The third-order valence-corrected chi connectivity index (χ3v) is 6.65. The number of carbonyl (C=O) groups excluding carboxylic acids is 2. The summed E-state index contributed by atoms with van der Waals surface area (Å²) in [5, 5.41) is 0. The fourth-order valence-corrected chi connectivity index (χ4v) is 4.82. The Balaban J connectivity index is 2.02. The van der Waals surface area contributed by atoms with Crippen molar-refractivity contribution in [3.8, 4) is 0 Å². The van der Waals surface area contributed by atoms with Gasteiger partial charge in [0, 0.05) is 35.3 Å². The minimum atomic E-state index is -3.84. The first kappa shape index (κ1) is 20.3. The predicted octanol–water partition coefficient (Wildman–Crippen LogP) is 1.15. The fraction of sp³-hybridized carbons (Fsp3) is 0.300. The van der Waals surface area contributed by atoms with Crippen molar-refractivity contribution in [3.05, 3.63) is 64.7 Å². The van der Waals surface area contributed by atoms with Crippen LogP contribution in [0.2, 0.25) is 0 Å². The highest BCUT2D eigenvalue weighted by Gasteiger charge is 2.32. The number of rotatable bonds is 8. The van der Waals surface area contributed by atoms with Gasteiger partial charge in [-0.3, -0.25) is 9.59 Å². The zero-order valence-electron chi connectivity index (χ0n) is 15.4. The Hall–Kier alpha value is -2.39. The van der Waals surface area contributed by atoms with Crippen LogP contribution < -0.4 is 11.5 Å². The van der Waals surface area contributed by atoms with Gasteiger partial charge in [0.25, 0.3) is 0 Å². The van der Waals surface area contributed by atoms with E-state index in [4.69, 9.17) is 11.5 Å². The number of sulfonamides is 1. The van der Waals surface area contributed by atoms with Crippen LogP contribution in [-0.2, 0) is 10.0 Å². The molecule has 0 aliphatic heterocycles. The highest BCUT2D eigenvalue weighted by molar-refractivity contribution is 7.89. The average molecular weight is 401 g/mol. The van der Waals surface area contributed by atoms with Crippen LogP contribution in [0.15, 0.2) is 47.4 Å². The Morgan fingerprint density at radius 1 is 0.750 bits per heavy atom. The molecule has 0 saturated carbocycles. The van der Waals surface area contributed by atoms with E-state index in [1.54, 1.807) is 24.3 Å². The first-order valence-electron chi connectivity index (χ1n) is 9.14. The van der Waals surface area contributed by atoms with Gasteiger partial charge in [0.1, 0.15) is 0 Å². The molecule has 1 aliphatic rings. The van der Waals surface area contributed by atoms with Gasteiger partial charge < -0.3 is 11.5 Å². The minimum absolute atomic E-state index is 0.0131. The van der Waals surface area contributed by atoms with Crippen LogP contribution in [0.1, 0.15) is 44.7 Å². The lowest BCUT2D eigenvalue weighted by Gasteiger charge is -2.23. The molecule has 28 heavy (non-hydrogen) atoms. The highest BCUT2D eigenvalue weighted by Crippen LogP contribution is 2.29. The summed E-state index contributed by atoms with van der Waals surface area (Å²) in [7, 11) is -3.84. The van der Waals surface area contributed by atoms with Crippen molar-refractivity contribution in [2.45, 2.75) is 17.7 Å². The van der Waals surface area contributed by atoms with Gasteiger partial charge in [-0.2, -0.15) is 4.31 Å². The predicted molar refractivity (Wildman–Crippen MR) is 106 cm³/mol. The quantitative estimate of drug-likeness (QED) is 0.584. The maximum Gasteiger partial charge on any atom is 0.243 e. The van der Waals surface area contributed by atoms with Crippen LogP contribution in [0.5, 0.6) is 0 Å². The molecular formula is C20H23N3O4S. The molecule has 0 atom stereocenters. The van der Waals surface area contributed by atoms with E-state index in [9.17, 15) is 18.0 Å². The molecule has 2 aromatic rings. The zero-order valence-corrected chi connectivity index (χ0v) is 16.2. The van der Waals surface area contributed by atoms with E-state index in [1.807, 2.05) is 0 Å². The van der Waals surface area contributed by atoms with Crippen molar-refractivity contribution in [1.82, 2.24) is 4.31 Å². The molecule has 0 fully saturated rings. The molecule has 0 spiro atoms.